The Hall–Kier alpha value is -2.08. The predicted octanol–water partition coefficient (Wildman–Crippen LogP) is 6.42. The van der Waals surface area contributed by atoms with Gasteiger partial charge in [-0.25, -0.2) is 0 Å². The minimum absolute atomic E-state index is 0.0874. The maximum atomic E-state index is 6.40. The fraction of sp³-hybridized carbons (Fsp3) is 0.273. The molecule has 4 rings (SSSR count). The molecule has 4 nitrogen and oxygen atoms in total. The molecule has 0 amide bonds. The van der Waals surface area contributed by atoms with E-state index in [1.54, 1.807) is 12.3 Å². The Morgan fingerprint density at radius 1 is 1.14 bits per heavy atom. The maximum Gasteiger partial charge on any atom is 0.170 e. The van der Waals surface area contributed by atoms with E-state index >= 15 is 0 Å². The third kappa shape index (κ3) is 4.00. The highest BCUT2D eigenvalue weighted by molar-refractivity contribution is 7.80. The van der Waals surface area contributed by atoms with Crippen LogP contribution in [0.1, 0.15) is 43.3 Å². The summed E-state index contributed by atoms with van der Waals surface area (Å²) >= 11 is 18.2. The van der Waals surface area contributed by atoms with E-state index in [1.807, 2.05) is 42.5 Å². The average Bonchev–Trinajstić information content (AvgIpc) is 3.33. The molecular weight excluding hydrogens is 425 g/mol. The average molecular weight is 446 g/mol. The van der Waals surface area contributed by atoms with Gasteiger partial charge >= 0.3 is 0 Å². The smallest absolute Gasteiger partial charge is 0.170 e. The Morgan fingerprint density at radius 2 is 2.00 bits per heavy atom. The quantitative estimate of drug-likeness (QED) is 0.443. The van der Waals surface area contributed by atoms with Crippen molar-refractivity contribution < 1.29 is 4.42 Å². The number of furan rings is 1. The van der Waals surface area contributed by atoms with E-state index in [4.69, 9.17) is 39.8 Å². The van der Waals surface area contributed by atoms with Gasteiger partial charge in [-0.15, -0.1) is 0 Å². The predicted molar refractivity (Wildman–Crippen MR) is 121 cm³/mol. The number of unbranched alkanes of at least 4 members (excludes halogenated alkanes) is 1. The number of nitrogens with one attached hydrogen (secondary N) is 1. The second-order valence-electron chi connectivity index (χ2n) is 6.98. The Balaban J connectivity index is 1.73. The van der Waals surface area contributed by atoms with E-state index in [0.29, 0.717) is 15.8 Å². The normalized spacial score (nSPS) is 18.9. The summed E-state index contributed by atoms with van der Waals surface area (Å²) in [4.78, 5) is 6.74. The zero-order chi connectivity index (χ0) is 20.4. The molecule has 1 aromatic carbocycles. The number of pyridine rings is 1. The molecule has 150 valence electrons. The largest absolute Gasteiger partial charge is 0.459 e. The van der Waals surface area contributed by atoms with Gasteiger partial charge in [0.05, 0.1) is 21.8 Å². The molecule has 0 spiro atoms. The Kier molecular flexibility index (Phi) is 6.09. The van der Waals surface area contributed by atoms with Gasteiger partial charge in [-0.2, -0.15) is 0 Å². The fourth-order valence-electron chi connectivity index (χ4n) is 3.63. The standard InChI is InChI=1S/C22H21Cl2N3OS/c1-2-3-13-27-21(20(26-22(27)29)16-9-4-5-12-25-16)18-11-10-17(28-18)14-7-6-8-15(23)19(14)24/h4-12,20-21H,2-3,13H2,1H3,(H,26,29)/t20-,21+/m0/s1. The van der Waals surface area contributed by atoms with E-state index in [0.717, 1.165) is 41.5 Å². The van der Waals surface area contributed by atoms with E-state index in [9.17, 15) is 0 Å². The van der Waals surface area contributed by atoms with Crippen molar-refractivity contribution in [1.29, 1.82) is 0 Å². The van der Waals surface area contributed by atoms with Crippen molar-refractivity contribution in [3.8, 4) is 11.3 Å². The first-order chi connectivity index (χ1) is 14.1. The van der Waals surface area contributed by atoms with Gasteiger partial charge < -0.3 is 14.6 Å². The molecule has 0 aliphatic carbocycles. The first-order valence-electron chi connectivity index (χ1n) is 9.62. The van der Waals surface area contributed by atoms with Gasteiger partial charge in [-0.1, -0.05) is 48.7 Å². The van der Waals surface area contributed by atoms with Crippen molar-refractivity contribution in [2.24, 2.45) is 0 Å². The van der Waals surface area contributed by atoms with Crippen molar-refractivity contribution in [2.45, 2.75) is 31.8 Å². The van der Waals surface area contributed by atoms with Crippen molar-refractivity contribution in [2.75, 3.05) is 6.54 Å². The number of hydrogen-bond donors (Lipinski definition) is 1. The Labute approximate surface area is 185 Å². The summed E-state index contributed by atoms with van der Waals surface area (Å²) in [6, 6.07) is 15.2. The molecule has 3 heterocycles. The van der Waals surface area contributed by atoms with Crippen LogP contribution in [0.3, 0.4) is 0 Å². The van der Waals surface area contributed by atoms with Crippen LogP contribution in [0.5, 0.6) is 0 Å². The van der Waals surface area contributed by atoms with Gasteiger partial charge in [-0.05, 0) is 55.0 Å². The molecule has 29 heavy (non-hydrogen) atoms. The monoisotopic (exact) mass is 445 g/mol. The van der Waals surface area contributed by atoms with Crippen LogP contribution in [0, 0.1) is 0 Å². The summed E-state index contributed by atoms with van der Waals surface area (Å²) < 4.78 is 6.29. The molecule has 7 heteroatoms. The first kappa shape index (κ1) is 20.2. The molecule has 0 bridgehead atoms. The molecule has 1 N–H and O–H groups in total. The molecule has 1 saturated heterocycles. The van der Waals surface area contributed by atoms with E-state index in [1.165, 1.54) is 0 Å². The summed E-state index contributed by atoms with van der Waals surface area (Å²) in [6.45, 7) is 3.02. The van der Waals surface area contributed by atoms with E-state index in [-0.39, 0.29) is 12.1 Å². The summed E-state index contributed by atoms with van der Waals surface area (Å²) in [5.41, 5.74) is 1.70. The summed E-state index contributed by atoms with van der Waals surface area (Å²) in [7, 11) is 0. The second-order valence-corrected chi connectivity index (χ2v) is 8.15. The fourth-order valence-corrected chi connectivity index (χ4v) is 4.36. The van der Waals surface area contributed by atoms with Crippen molar-refractivity contribution >= 4 is 40.5 Å². The van der Waals surface area contributed by atoms with Gasteiger partial charge in [0.1, 0.15) is 17.6 Å². The zero-order valence-electron chi connectivity index (χ0n) is 15.9. The second kappa shape index (κ2) is 8.74. The van der Waals surface area contributed by atoms with Crippen LogP contribution in [0.15, 0.2) is 59.1 Å². The maximum absolute atomic E-state index is 6.40. The highest BCUT2D eigenvalue weighted by Gasteiger charge is 2.41. The number of benzene rings is 1. The lowest BCUT2D eigenvalue weighted by atomic mass is 10.0. The molecule has 1 aliphatic heterocycles. The zero-order valence-corrected chi connectivity index (χ0v) is 18.3. The lowest BCUT2D eigenvalue weighted by molar-refractivity contribution is 0.271. The van der Waals surface area contributed by atoms with Crippen LogP contribution in [-0.2, 0) is 0 Å². The van der Waals surface area contributed by atoms with Gasteiger partial charge in [0, 0.05) is 18.3 Å². The highest BCUT2D eigenvalue weighted by atomic mass is 35.5. The highest BCUT2D eigenvalue weighted by Crippen LogP contribution is 2.42. The molecule has 0 radical (unpaired) electrons. The molecular formula is C22H21Cl2N3OS. The van der Waals surface area contributed by atoms with Gasteiger partial charge in [0.15, 0.2) is 5.11 Å². The molecule has 2 atom stereocenters. The van der Waals surface area contributed by atoms with Crippen molar-refractivity contribution in [3.63, 3.8) is 0 Å². The summed E-state index contributed by atoms with van der Waals surface area (Å²) in [5, 5.41) is 5.14. The number of rotatable bonds is 6. The summed E-state index contributed by atoms with van der Waals surface area (Å²) in [5.74, 6) is 1.50. The van der Waals surface area contributed by atoms with E-state index < -0.39 is 0 Å². The van der Waals surface area contributed by atoms with Crippen LogP contribution in [0.2, 0.25) is 10.0 Å². The topological polar surface area (TPSA) is 41.3 Å². The molecule has 1 fully saturated rings. The molecule has 0 saturated carbocycles. The van der Waals surface area contributed by atoms with Crippen molar-refractivity contribution in [3.05, 3.63) is 76.2 Å². The number of aromatic nitrogens is 1. The molecule has 2 aromatic heterocycles. The molecule has 3 aromatic rings. The minimum Gasteiger partial charge on any atom is -0.459 e. The van der Waals surface area contributed by atoms with Crippen LogP contribution in [0.4, 0.5) is 0 Å². The van der Waals surface area contributed by atoms with Crippen LogP contribution in [-0.4, -0.2) is 21.5 Å². The van der Waals surface area contributed by atoms with Gasteiger partial charge in [0.2, 0.25) is 0 Å². The van der Waals surface area contributed by atoms with Crippen LogP contribution < -0.4 is 5.32 Å². The van der Waals surface area contributed by atoms with Crippen LogP contribution >= 0.6 is 35.4 Å². The Bertz CT molecular complexity index is 1010. The minimum atomic E-state index is -0.0885. The van der Waals surface area contributed by atoms with Crippen molar-refractivity contribution in [1.82, 2.24) is 15.2 Å². The number of thiocarbonyl (C=S) groups is 1. The Morgan fingerprint density at radius 3 is 2.76 bits per heavy atom. The third-order valence-electron chi connectivity index (χ3n) is 5.09. The number of halogens is 2. The summed E-state index contributed by atoms with van der Waals surface area (Å²) in [6.07, 6.45) is 3.92. The SMILES string of the molecule is CCCCN1C(=S)N[C@@H](c2ccccn2)[C@H]1c1ccc(-c2cccc(Cl)c2Cl)o1. The third-order valence-corrected chi connectivity index (χ3v) is 6.26. The first-order valence-corrected chi connectivity index (χ1v) is 10.8. The van der Waals surface area contributed by atoms with Gasteiger partial charge in [-0.3, -0.25) is 4.98 Å². The lowest BCUT2D eigenvalue weighted by Gasteiger charge is -2.25. The van der Waals surface area contributed by atoms with E-state index in [2.05, 4.69) is 22.1 Å². The van der Waals surface area contributed by atoms with Crippen LogP contribution in [0.25, 0.3) is 11.3 Å². The number of hydrogen-bond acceptors (Lipinski definition) is 3. The number of nitrogens with zero attached hydrogens (tertiary/aromatic N) is 2. The lowest BCUT2D eigenvalue weighted by Crippen LogP contribution is -2.30. The molecule has 0 unspecified atom stereocenters. The van der Waals surface area contributed by atoms with Gasteiger partial charge in [0.25, 0.3) is 0 Å². The molecule has 1 aliphatic rings.